The molecule has 6 heterocycles. The molecule has 0 radical (unpaired) electrons. The third kappa shape index (κ3) is 4.95. The SMILES string of the molecule is Cc1ccc(-n2c3ncccc3c3cc(-c4cc(C)c(-c5cnc6c(c5)c5cccnc5n6-c5ccc(C(F)(F)F)cc5)cc4C)cnc32)cc1. The van der Waals surface area contributed by atoms with Gasteiger partial charge < -0.3 is 0 Å². The van der Waals surface area contributed by atoms with Crippen molar-refractivity contribution in [2.24, 2.45) is 0 Å². The molecule has 0 amide bonds. The van der Waals surface area contributed by atoms with Crippen molar-refractivity contribution < 1.29 is 13.2 Å². The molecule has 0 fully saturated rings. The van der Waals surface area contributed by atoms with Gasteiger partial charge in [0.25, 0.3) is 0 Å². The Labute approximate surface area is 290 Å². The van der Waals surface area contributed by atoms with Crippen LogP contribution in [0.4, 0.5) is 13.2 Å². The molecule has 0 unspecified atom stereocenters. The average Bonchev–Trinajstić information content (AvgIpc) is 3.65. The summed E-state index contributed by atoms with van der Waals surface area (Å²) in [5.41, 5.74) is 11.3. The van der Waals surface area contributed by atoms with E-state index in [2.05, 4.69) is 84.9 Å². The maximum Gasteiger partial charge on any atom is 0.416 e. The first kappa shape index (κ1) is 30.7. The third-order valence-corrected chi connectivity index (χ3v) is 9.67. The van der Waals surface area contributed by atoms with E-state index in [4.69, 9.17) is 15.0 Å². The molecule has 0 bridgehead atoms. The summed E-state index contributed by atoms with van der Waals surface area (Å²) in [6.07, 6.45) is 2.83. The van der Waals surface area contributed by atoms with E-state index >= 15 is 0 Å². The van der Waals surface area contributed by atoms with Crippen LogP contribution in [0.1, 0.15) is 22.3 Å². The van der Waals surface area contributed by atoms with Crippen LogP contribution in [-0.2, 0) is 6.18 Å². The minimum absolute atomic E-state index is 0.557. The largest absolute Gasteiger partial charge is 0.416 e. The number of benzene rings is 3. The molecule has 9 heteroatoms. The van der Waals surface area contributed by atoms with Crippen LogP contribution >= 0.6 is 0 Å². The Bertz CT molecular complexity index is 2810. The zero-order chi connectivity index (χ0) is 35.0. The number of pyridine rings is 4. The summed E-state index contributed by atoms with van der Waals surface area (Å²) in [6.45, 7) is 6.27. The molecule has 9 rings (SSSR count). The predicted molar refractivity (Wildman–Crippen MR) is 196 cm³/mol. The average molecular weight is 675 g/mol. The van der Waals surface area contributed by atoms with Gasteiger partial charge in [0.2, 0.25) is 0 Å². The highest BCUT2D eigenvalue weighted by molar-refractivity contribution is 6.09. The van der Waals surface area contributed by atoms with Crippen LogP contribution in [0.5, 0.6) is 0 Å². The quantitative estimate of drug-likeness (QED) is 0.186. The van der Waals surface area contributed by atoms with Crippen molar-refractivity contribution in [2.75, 3.05) is 0 Å². The van der Waals surface area contributed by atoms with Crippen LogP contribution in [0.2, 0.25) is 0 Å². The fourth-order valence-electron chi connectivity index (χ4n) is 7.15. The molecule has 0 atom stereocenters. The van der Waals surface area contributed by atoms with E-state index in [9.17, 15) is 13.2 Å². The monoisotopic (exact) mass is 674 g/mol. The lowest BCUT2D eigenvalue weighted by Crippen LogP contribution is -2.05. The highest BCUT2D eigenvalue weighted by atomic mass is 19.4. The predicted octanol–water partition coefficient (Wildman–Crippen LogP) is 10.7. The van der Waals surface area contributed by atoms with Gasteiger partial charge >= 0.3 is 6.18 Å². The molecule has 9 aromatic rings. The van der Waals surface area contributed by atoms with Crippen molar-refractivity contribution in [3.05, 3.63) is 144 Å². The van der Waals surface area contributed by atoms with Gasteiger partial charge in [0.1, 0.15) is 22.6 Å². The van der Waals surface area contributed by atoms with E-state index in [0.29, 0.717) is 17.0 Å². The Morgan fingerprint density at radius 3 is 1.37 bits per heavy atom. The second-order valence-corrected chi connectivity index (χ2v) is 13.0. The van der Waals surface area contributed by atoms with Crippen molar-refractivity contribution in [3.63, 3.8) is 0 Å². The standard InChI is InChI=1S/C42H29F3N6/c1-24-8-12-30(13-9-24)50-38-32(6-4-16-46-38)36-20-27(22-48-40(36)50)34-18-26(3)35(19-25(34)2)28-21-37-33-7-5-17-47-39(33)51(41(37)49-23-28)31-14-10-29(11-15-31)42(43,44)45/h4-23H,1-3H3. The van der Waals surface area contributed by atoms with Gasteiger partial charge in [0, 0.05) is 68.8 Å². The number of rotatable bonds is 4. The van der Waals surface area contributed by atoms with Crippen molar-refractivity contribution in [1.82, 2.24) is 29.1 Å². The second kappa shape index (κ2) is 11.3. The first-order chi connectivity index (χ1) is 24.7. The summed E-state index contributed by atoms with van der Waals surface area (Å²) in [4.78, 5) is 19.2. The van der Waals surface area contributed by atoms with Gasteiger partial charge in [0.05, 0.1) is 5.56 Å². The van der Waals surface area contributed by atoms with E-state index in [1.165, 1.54) is 17.7 Å². The van der Waals surface area contributed by atoms with Crippen molar-refractivity contribution >= 4 is 44.1 Å². The highest BCUT2D eigenvalue weighted by Crippen LogP contribution is 2.38. The molecule has 0 aliphatic rings. The molecule has 51 heavy (non-hydrogen) atoms. The van der Waals surface area contributed by atoms with Crippen LogP contribution in [-0.4, -0.2) is 29.1 Å². The minimum atomic E-state index is -4.42. The van der Waals surface area contributed by atoms with Crippen LogP contribution in [0.15, 0.2) is 122 Å². The lowest BCUT2D eigenvalue weighted by Gasteiger charge is -2.14. The molecule has 6 aromatic heterocycles. The molecular weight excluding hydrogens is 645 g/mol. The van der Waals surface area contributed by atoms with Gasteiger partial charge in [-0.2, -0.15) is 13.2 Å². The van der Waals surface area contributed by atoms with E-state index in [1.54, 1.807) is 6.20 Å². The minimum Gasteiger partial charge on any atom is -0.278 e. The van der Waals surface area contributed by atoms with Gasteiger partial charge in [0.15, 0.2) is 0 Å². The number of nitrogens with zero attached hydrogens (tertiary/aromatic N) is 6. The molecule has 0 saturated carbocycles. The lowest BCUT2D eigenvalue weighted by molar-refractivity contribution is -0.137. The van der Waals surface area contributed by atoms with E-state index in [0.717, 1.165) is 84.0 Å². The smallest absolute Gasteiger partial charge is 0.278 e. The number of hydrogen-bond acceptors (Lipinski definition) is 4. The maximum atomic E-state index is 13.3. The second-order valence-electron chi connectivity index (χ2n) is 13.0. The first-order valence-corrected chi connectivity index (χ1v) is 16.5. The van der Waals surface area contributed by atoms with E-state index in [-0.39, 0.29) is 0 Å². The summed E-state index contributed by atoms with van der Waals surface area (Å²) in [5.74, 6) is 0. The Morgan fingerprint density at radius 2 is 0.922 bits per heavy atom. The van der Waals surface area contributed by atoms with Crippen LogP contribution in [0, 0.1) is 20.8 Å². The van der Waals surface area contributed by atoms with Crippen LogP contribution in [0.3, 0.4) is 0 Å². The lowest BCUT2D eigenvalue weighted by atomic mass is 9.92. The molecular formula is C42H29F3N6. The number of alkyl halides is 3. The van der Waals surface area contributed by atoms with E-state index < -0.39 is 11.7 Å². The summed E-state index contributed by atoms with van der Waals surface area (Å²) in [7, 11) is 0. The normalized spacial score (nSPS) is 12.1. The van der Waals surface area contributed by atoms with Crippen molar-refractivity contribution in [2.45, 2.75) is 26.9 Å². The summed E-state index contributed by atoms with van der Waals surface area (Å²) < 4.78 is 43.8. The summed E-state index contributed by atoms with van der Waals surface area (Å²) >= 11 is 0. The fourth-order valence-corrected chi connectivity index (χ4v) is 7.15. The Morgan fingerprint density at radius 1 is 0.490 bits per heavy atom. The van der Waals surface area contributed by atoms with Gasteiger partial charge in [-0.1, -0.05) is 29.8 Å². The zero-order valence-corrected chi connectivity index (χ0v) is 27.9. The van der Waals surface area contributed by atoms with E-state index in [1.807, 2.05) is 41.4 Å². The maximum absolute atomic E-state index is 13.3. The molecule has 0 spiro atoms. The highest BCUT2D eigenvalue weighted by Gasteiger charge is 2.30. The molecule has 0 aliphatic heterocycles. The Balaban J connectivity index is 1.14. The van der Waals surface area contributed by atoms with Crippen LogP contribution < -0.4 is 0 Å². The van der Waals surface area contributed by atoms with Gasteiger partial charge in [-0.25, -0.2) is 19.9 Å². The molecule has 0 saturated heterocycles. The number of aryl methyl sites for hydroxylation is 3. The summed E-state index contributed by atoms with van der Waals surface area (Å²) in [5, 5.41) is 3.80. The fraction of sp³-hybridized carbons (Fsp3) is 0.0952. The molecule has 6 nitrogen and oxygen atoms in total. The number of hydrogen-bond donors (Lipinski definition) is 0. The zero-order valence-electron chi connectivity index (χ0n) is 27.9. The van der Waals surface area contributed by atoms with Crippen molar-refractivity contribution in [3.8, 4) is 33.6 Å². The summed E-state index contributed by atoms with van der Waals surface area (Å²) in [6, 6.07) is 30.0. The first-order valence-electron chi connectivity index (χ1n) is 16.5. The molecule has 248 valence electrons. The van der Waals surface area contributed by atoms with Crippen LogP contribution in [0.25, 0.3) is 77.8 Å². The topological polar surface area (TPSA) is 61.4 Å². The van der Waals surface area contributed by atoms with Gasteiger partial charge in [-0.3, -0.25) is 9.13 Å². The molecule has 3 aromatic carbocycles. The van der Waals surface area contributed by atoms with Gasteiger partial charge in [-0.05, 0) is 116 Å². The molecule has 0 aliphatic carbocycles. The third-order valence-electron chi connectivity index (χ3n) is 9.67. The molecule has 0 N–H and O–H groups in total. The van der Waals surface area contributed by atoms with Crippen molar-refractivity contribution in [1.29, 1.82) is 0 Å². The Hall–Kier alpha value is -6.35. The number of aromatic nitrogens is 6. The Kier molecular flexibility index (Phi) is 6.83. The van der Waals surface area contributed by atoms with Gasteiger partial charge in [-0.15, -0.1) is 0 Å². The number of halogens is 3. The number of fused-ring (bicyclic) bond motifs is 6.